The Kier molecular flexibility index (Phi) is 4.47. The maximum atomic E-state index is 12.2. The quantitative estimate of drug-likeness (QED) is 0.827. The summed E-state index contributed by atoms with van der Waals surface area (Å²) in [6.45, 7) is 5.77. The molecule has 6 nitrogen and oxygen atoms in total. The van der Waals surface area contributed by atoms with Gasteiger partial charge in [-0.3, -0.25) is 9.69 Å². The van der Waals surface area contributed by atoms with Crippen LogP contribution in [0.1, 0.15) is 20.3 Å². The lowest BCUT2D eigenvalue weighted by molar-refractivity contribution is -0.126. The topological polar surface area (TPSA) is 67.2 Å². The third kappa shape index (κ3) is 3.09. The van der Waals surface area contributed by atoms with Gasteiger partial charge < -0.3 is 9.88 Å². The van der Waals surface area contributed by atoms with E-state index in [9.17, 15) is 9.59 Å². The zero-order valence-electron chi connectivity index (χ0n) is 11.1. The highest BCUT2D eigenvalue weighted by Gasteiger charge is 2.30. The highest BCUT2D eigenvalue weighted by atomic mass is 32.2. The van der Waals surface area contributed by atoms with Crippen molar-refractivity contribution in [3.63, 3.8) is 0 Å². The van der Waals surface area contributed by atoms with Crippen LogP contribution in [0.4, 0.5) is 4.79 Å². The number of aromatic nitrogens is 2. The molecule has 0 spiro atoms. The van der Waals surface area contributed by atoms with Crippen LogP contribution in [0.15, 0.2) is 17.6 Å². The Balaban J connectivity index is 2.00. The third-order valence-electron chi connectivity index (χ3n) is 2.89. The minimum atomic E-state index is -0.318. The van der Waals surface area contributed by atoms with Gasteiger partial charge in [0.25, 0.3) is 0 Å². The summed E-state index contributed by atoms with van der Waals surface area (Å²) in [4.78, 5) is 29.1. The first kappa shape index (κ1) is 13.9. The van der Waals surface area contributed by atoms with E-state index in [-0.39, 0.29) is 17.2 Å². The van der Waals surface area contributed by atoms with Gasteiger partial charge in [0.15, 0.2) is 5.16 Å². The van der Waals surface area contributed by atoms with Crippen LogP contribution >= 0.6 is 11.8 Å². The molecule has 0 aliphatic carbocycles. The molecule has 104 valence electrons. The molecule has 2 rings (SSSR count). The second-order valence-corrected chi connectivity index (χ2v) is 5.69. The van der Waals surface area contributed by atoms with Crippen molar-refractivity contribution in [1.82, 2.24) is 19.8 Å². The maximum Gasteiger partial charge on any atom is 0.324 e. The van der Waals surface area contributed by atoms with Crippen LogP contribution in [-0.4, -0.2) is 44.7 Å². The van der Waals surface area contributed by atoms with E-state index in [1.54, 1.807) is 6.20 Å². The average molecular weight is 282 g/mol. The van der Waals surface area contributed by atoms with Gasteiger partial charge in [0.1, 0.15) is 0 Å². The first-order chi connectivity index (χ1) is 9.13. The van der Waals surface area contributed by atoms with E-state index < -0.39 is 0 Å². The van der Waals surface area contributed by atoms with Crippen LogP contribution in [0.3, 0.4) is 0 Å². The second kappa shape index (κ2) is 6.10. The molecule has 0 unspecified atom stereocenters. The number of rotatable bonds is 5. The average Bonchev–Trinajstić information content (AvgIpc) is 2.99. The number of hydrogen-bond donors (Lipinski definition) is 1. The second-order valence-electron chi connectivity index (χ2n) is 4.39. The fraction of sp³-hybridized carbons (Fsp3) is 0.583. The van der Waals surface area contributed by atoms with E-state index in [1.165, 1.54) is 16.7 Å². The van der Waals surface area contributed by atoms with Crippen molar-refractivity contribution in [2.45, 2.75) is 37.2 Å². The summed E-state index contributed by atoms with van der Waals surface area (Å²) in [7, 11) is 0. The Bertz CT molecular complexity index is 474. The Morgan fingerprint density at radius 1 is 1.63 bits per heavy atom. The number of nitrogens with zero attached hydrogens (tertiary/aromatic N) is 3. The molecule has 1 atom stereocenters. The van der Waals surface area contributed by atoms with Gasteiger partial charge in [-0.25, -0.2) is 9.78 Å². The molecule has 0 radical (unpaired) electrons. The molecule has 1 aromatic heterocycles. The highest BCUT2D eigenvalue weighted by molar-refractivity contribution is 8.00. The van der Waals surface area contributed by atoms with Crippen molar-refractivity contribution in [1.29, 1.82) is 0 Å². The summed E-state index contributed by atoms with van der Waals surface area (Å²) >= 11 is 1.39. The number of hydrogen-bond acceptors (Lipinski definition) is 4. The van der Waals surface area contributed by atoms with E-state index in [0.717, 1.165) is 18.1 Å². The molecule has 1 aliphatic heterocycles. The Labute approximate surface area is 116 Å². The molecule has 2 heterocycles. The van der Waals surface area contributed by atoms with Crippen LogP contribution in [0, 0.1) is 0 Å². The molecule has 19 heavy (non-hydrogen) atoms. The van der Waals surface area contributed by atoms with Crippen molar-refractivity contribution < 1.29 is 9.59 Å². The predicted molar refractivity (Wildman–Crippen MR) is 72.9 cm³/mol. The number of aryl methyl sites for hydroxylation is 1. The molecule has 1 aromatic rings. The molecular weight excluding hydrogens is 264 g/mol. The van der Waals surface area contributed by atoms with Gasteiger partial charge in [0.2, 0.25) is 5.91 Å². The molecule has 7 heteroatoms. The molecule has 0 aromatic carbocycles. The lowest BCUT2D eigenvalue weighted by atomic mass is 10.4. The molecule has 3 amide bonds. The first-order valence-electron chi connectivity index (χ1n) is 6.40. The number of imide groups is 1. The number of carbonyl (C=O) groups is 2. The van der Waals surface area contributed by atoms with Gasteiger partial charge in [-0.1, -0.05) is 18.7 Å². The molecule has 1 N–H and O–H groups in total. The Morgan fingerprint density at radius 3 is 3.05 bits per heavy atom. The Hall–Kier alpha value is -1.50. The zero-order valence-corrected chi connectivity index (χ0v) is 11.9. The number of urea groups is 1. The van der Waals surface area contributed by atoms with Crippen LogP contribution in [0.5, 0.6) is 0 Å². The molecule has 0 saturated carbocycles. The van der Waals surface area contributed by atoms with E-state index >= 15 is 0 Å². The van der Waals surface area contributed by atoms with E-state index in [0.29, 0.717) is 13.1 Å². The third-order valence-corrected chi connectivity index (χ3v) is 4.00. The molecule has 0 bridgehead atoms. The lowest BCUT2D eigenvalue weighted by Crippen LogP contribution is -2.39. The van der Waals surface area contributed by atoms with Gasteiger partial charge in [-0.2, -0.15) is 0 Å². The number of carbonyl (C=O) groups excluding carboxylic acids is 2. The van der Waals surface area contributed by atoms with Crippen LogP contribution in [0.25, 0.3) is 0 Å². The summed E-state index contributed by atoms with van der Waals surface area (Å²) in [6, 6.07) is -0.297. The molecule has 1 aliphatic rings. The molecule has 1 saturated heterocycles. The predicted octanol–water partition coefficient (Wildman–Crippen LogP) is 1.33. The van der Waals surface area contributed by atoms with Gasteiger partial charge in [0.05, 0.1) is 5.25 Å². The molecule has 1 fully saturated rings. The van der Waals surface area contributed by atoms with Crippen LogP contribution in [0.2, 0.25) is 0 Å². The van der Waals surface area contributed by atoms with Crippen molar-refractivity contribution >= 4 is 23.7 Å². The van der Waals surface area contributed by atoms with Gasteiger partial charge in [-0.05, 0) is 13.3 Å². The number of imidazole rings is 1. The summed E-state index contributed by atoms with van der Waals surface area (Å²) in [5.41, 5.74) is 0. The summed E-state index contributed by atoms with van der Waals surface area (Å²) in [5, 5.41) is 3.14. The monoisotopic (exact) mass is 282 g/mol. The number of nitrogens with one attached hydrogen (secondary N) is 1. The fourth-order valence-electron chi connectivity index (χ4n) is 1.93. The summed E-state index contributed by atoms with van der Waals surface area (Å²) in [6.07, 6.45) is 4.66. The largest absolute Gasteiger partial charge is 0.336 e. The first-order valence-corrected chi connectivity index (χ1v) is 7.28. The maximum absolute atomic E-state index is 12.2. The standard InChI is InChI=1S/C12H18N4O2S/c1-3-6-15-7-4-14-12(15)19-9(2)10(17)16-8-5-13-11(16)18/h4,7,9H,3,5-6,8H2,1-2H3,(H,13,18)/t9-/m0/s1. The smallest absolute Gasteiger partial charge is 0.324 e. The van der Waals surface area contributed by atoms with Crippen molar-refractivity contribution in [3.05, 3.63) is 12.4 Å². The van der Waals surface area contributed by atoms with Crippen molar-refractivity contribution in [2.24, 2.45) is 0 Å². The Morgan fingerprint density at radius 2 is 2.42 bits per heavy atom. The van der Waals surface area contributed by atoms with Crippen LogP contribution < -0.4 is 5.32 Å². The summed E-state index contributed by atoms with van der Waals surface area (Å²) < 4.78 is 2.03. The zero-order chi connectivity index (χ0) is 13.8. The van der Waals surface area contributed by atoms with Gasteiger partial charge in [-0.15, -0.1) is 0 Å². The number of amides is 3. The van der Waals surface area contributed by atoms with E-state index in [4.69, 9.17) is 0 Å². The lowest BCUT2D eigenvalue weighted by Gasteiger charge is -2.17. The van der Waals surface area contributed by atoms with Crippen molar-refractivity contribution in [3.8, 4) is 0 Å². The van der Waals surface area contributed by atoms with Crippen LogP contribution in [-0.2, 0) is 11.3 Å². The molecular formula is C12H18N4O2S. The van der Waals surface area contributed by atoms with Gasteiger partial charge in [0, 0.05) is 32.0 Å². The highest BCUT2D eigenvalue weighted by Crippen LogP contribution is 2.23. The summed E-state index contributed by atoms with van der Waals surface area (Å²) in [5.74, 6) is -0.161. The fourth-order valence-corrected chi connectivity index (χ4v) is 2.89. The van der Waals surface area contributed by atoms with E-state index in [1.807, 2.05) is 17.7 Å². The number of thioether (sulfide) groups is 1. The van der Waals surface area contributed by atoms with Crippen molar-refractivity contribution in [2.75, 3.05) is 13.1 Å². The van der Waals surface area contributed by atoms with Gasteiger partial charge >= 0.3 is 6.03 Å². The normalized spacial score (nSPS) is 16.5. The SMILES string of the molecule is CCCn1ccnc1S[C@@H](C)C(=O)N1CCNC1=O. The minimum absolute atomic E-state index is 0.161. The minimum Gasteiger partial charge on any atom is -0.336 e. The van der Waals surface area contributed by atoms with E-state index in [2.05, 4.69) is 17.2 Å².